The first-order valence-electron chi connectivity index (χ1n) is 6.07. The largest absolute Gasteiger partial charge is 0.394 e. The molecule has 2 atom stereocenters. The smallest absolute Gasteiger partial charge is 0.269 e. The van der Waals surface area contributed by atoms with Crippen LogP contribution < -0.4 is 5.32 Å². The highest BCUT2D eigenvalue weighted by Crippen LogP contribution is 2.32. The second-order valence-corrected chi connectivity index (χ2v) is 5.06. The number of rotatable bonds is 3. The molecular weight excluding hydrogens is 218 g/mol. The van der Waals surface area contributed by atoms with Crippen molar-refractivity contribution in [3.63, 3.8) is 0 Å². The van der Waals surface area contributed by atoms with Crippen LogP contribution in [-0.4, -0.2) is 33.1 Å². The molecule has 1 aliphatic carbocycles. The van der Waals surface area contributed by atoms with Gasteiger partial charge >= 0.3 is 0 Å². The Bertz CT molecular complexity index is 377. The van der Waals surface area contributed by atoms with Gasteiger partial charge in [0.05, 0.1) is 24.7 Å². The van der Waals surface area contributed by atoms with E-state index in [-0.39, 0.29) is 12.5 Å². The van der Waals surface area contributed by atoms with Crippen LogP contribution in [0.25, 0.3) is 0 Å². The molecule has 1 heterocycles. The minimum absolute atomic E-state index is 0.00276. The van der Waals surface area contributed by atoms with E-state index in [0.717, 1.165) is 19.3 Å². The molecule has 0 spiro atoms. The summed E-state index contributed by atoms with van der Waals surface area (Å²) in [6.45, 7) is 2.16. The predicted molar refractivity (Wildman–Crippen MR) is 63.5 cm³/mol. The van der Waals surface area contributed by atoms with Gasteiger partial charge in [0.2, 0.25) is 0 Å². The topological polar surface area (TPSA) is 78.0 Å². The molecule has 0 saturated heterocycles. The molecule has 1 aliphatic rings. The monoisotopic (exact) mass is 237 g/mol. The maximum atomic E-state index is 12.0. The summed E-state index contributed by atoms with van der Waals surface area (Å²) in [5, 5.41) is 12.5. The first-order valence-corrected chi connectivity index (χ1v) is 6.07. The van der Waals surface area contributed by atoms with Gasteiger partial charge in [0, 0.05) is 0 Å². The van der Waals surface area contributed by atoms with Crippen LogP contribution in [0.3, 0.4) is 0 Å². The molecule has 94 valence electrons. The SMILES string of the molecule is CC1CCCC(CO)(NC(=O)c2cnc[nH]2)C1. The molecule has 0 bridgehead atoms. The van der Waals surface area contributed by atoms with Crippen LogP contribution in [0.4, 0.5) is 0 Å². The van der Waals surface area contributed by atoms with E-state index >= 15 is 0 Å². The van der Waals surface area contributed by atoms with E-state index in [1.165, 1.54) is 18.9 Å². The zero-order chi connectivity index (χ0) is 12.3. The summed E-state index contributed by atoms with van der Waals surface area (Å²) in [4.78, 5) is 18.5. The molecule has 1 aromatic rings. The van der Waals surface area contributed by atoms with Gasteiger partial charge in [-0.15, -0.1) is 0 Å². The quantitative estimate of drug-likeness (QED) is 0.736. The van der Waals surface area contributed by atoms with E-state index in [9.17, 15) is 9.90 Å². The molecule has 0 radical (unpaired) electrons. The summed E-state index contributed by atoms with van der Waals surface area (Å²) in [6, 6.07) is 0. The molecule has 1 saturated carbocycles. The molecular formula is C12H19N3O2. The molecule has 0 aromatic carbocycles. The maximum Gasteiger partial charge on any atom is 0.269 e. The number of carbonyl (C=O) groups is 1. The van der Waals surface area contributed by atoms with Crippen molar-refractivity contribution >= 4 is 5.91 Å². The molecule has 5 nitrogen and oxygen atoms in total. The van der Waals surface area contributed by atoms with Gasteiger partial charge in [0.15, 0.2) is 0 Å². The number of imidazole rings is 1. The summed E-state index contributed by atoms with van der Waals surface area (Å²) < 4.78 is 0. The van der Waals surface area contributed by atoms with Crippen molar-refractivity contribution in [2.75, 3.05) is 6.61 Å². The lowest BCUT2D eigenvalue weighted by Gasteiger charge is -2.39. The molecule has 3 N–H and O–H groups in total. The zero-order valence-corrected chi connectivity index (χ0v) is 10.1. The number of nitrogens with zero attached hydrogens (tertiary/aromatic N) is 1. The van der Waals surface area contributed by atoms with Crippen LogP contribution in [0.1, 0.15) is 43.1 Å². The lowest BCUT2D eigenvalue weighted by molar-refractivity contribution is 0.0693. The second kappa shape index (κ2) is 4.87. The number of carbonyl (C=O) groups excluding carboxylic acids is 1. The predicted octanol–water partition coefficient (Wildman–Crippen LogP) is 1.08. The third kappa shape index (κ3) is 2.66. The van der Waals surface area contributed by atoms with Gasteiger partial charge in [-0.25, -0.2) is 4.98 Å². The Labute approximate surface area is 101 Å². The lowest BCUT2D eigenvalue weighted by atomic mass is 9.77. The highest BCUT2D eigenvalue weighted by Gasteiger charge is 2.36. The Morgan fingerprint density at radius 3 is 3.18 bits per heavy atom. The molecule has 1 amide bonds. The maximum absolute atomic E-state index is 12.0. The summed E-state index contributed by atoms with van der Waals surface area (Å²) in [6.07, 6.45) is 6.86. The standard InChI is InChI=1S/C12H19N3O2/c1-9-3-2-4-12(5-9,7-16)15-11(17)10-6-13-8-14-10/h6,8-9,16H,2-5,7H2,1H3,(H,13,14)(H,15,17). The first kappa shape index (κ1) is 12.1. The summed E-state index contributed by atoms with van der Waals surface area (Å²) in [5.74, 6) is 0.351. The highest BCUT2D eigenvalue weighted by molar-refractivity contribution is 5.92. The van der Waals surface area contributed by atoms with Gasteiger partial charge < -0.3 is 15.4 Å². The highest BCUT2D eigenvalue weighted by atomic mass is 16.3. The number of nitrogens with one attached hydrogen (secondary N) is 2. The van der Waals surface area contributed by atoms with Crippen LogP contribution in [-0.2, 0) is 0 Å². The van der Waals surface area contributed by atoms with Crippen LogP contribution in [0.2, 0.25) is 0 Å². The number of hydrogen-bond acceptors (Lipinski definition) is 3. The minimum Gasteiger partial charge on any atom is -0.394 e. The van der Waals surface area contributed by atoms with Gasteiger partial charge in [0.1, 0.15) is 5.69 Å². The fourth-order valence-electron chi connectivity index (χ4n) is 2.64. The van der Waals surface area contributed by atoms with E-state index in [4.69, 9.17) is 0 Å². The third-order valence-corrected chi connectivity index (χ3v) is 3.52. The number of hydrogen-bond donors (Lipinski definition) is 3. The van der Waals surface area contributed by atoms with Gasteiger partial charge in [0.25, 0.3) is 5.91 Å². The van der Waals surface area contributed by atoms with E-state index in [0.29, 0.717) is 11.6 Å². The number of aliphatic hydroxyl groups excluding tert-OH is 1. The number of amides is 1. The molecule has 5 heteroatoms. The number of aromatic nitrogens is 2. The lowest BCUT2D eigenvalue weighted by Crippen LogP contribution is -2.53. The normalized spacial score (nSPS) is 28.9. The van der Waals surface area contributed by atoms with Gasteiger partial charge in [-0.1, -0.05) is 19.8 Å². The van der Waals surface area contributed by atoms with Crippen LogP contribution in [0, 0.1) is 5.92 Å². The van der Waals surface area contributed by atoms with E-state index < -0.39 is 5.54 Å². The van der Waals surface area contributed by atoms with E-state index in [1.807, 2.05) is 0 Å². The summed E-state index contributed by atoms with van der Waals surface area (Å²) in [5.41, 5.74) is -0.0177. The van der Waals surface area contributed by atoms with Gasteiger partial charge in [-0.2, -0.15) is 0 Å². The molecule has 2 unspecified atom stereocenters. The summed E-state index contributed by atoms with van der Waals surface area (Å²) in [7, 11) is 0. The number of aliphatic hydroxyl groups is 1. The Morgan fingerprint density at radius 2 is 2.59 bits per heavy atom. The Kier molecular flexibility index (Phi) is 3.47. The fraction of sp³-hybridized carbons (Fsp3) is 0.667. The summed E-state index contributed by atoms with van der Waals surface area (Å²) >= 11 is 0. The van der Waals surface area contributed by atoms with Crippen LogP contribution in [0.15, 0.2) is 12.5 Å². The van der Waals surface area contributed by atoms with Crippen molar-refractivity contribution in [2.24, 2.45) is 5.92 Å². The van der Waals surface area contributed by atoms with Crippen molar-refractivity contribution < 1.29 is 9.90 Å². The number of aromatic amines is 1. The van der Waals surface area contributed by atoms with Gasteiger partial charge in [-0.3, -0.25) is 4.79 Å². The molecule has 1 aromatic heterocycles. The Morgan fingerprint density at radius 1 is 1.76 bits per heavy atom. The first-order chi connectivity index (χ1) is 8.15. The molecule has 2 rings (SSSR count). The average Bonchev–Trinajstić information content (AvgIpc) is 2.82. The van der Waals surface area contributed by atoms with Crippen LogP contribution >= 0.6 is 0 Å². The molecule has 17 heavy (non-hydrogen) atoms. The molecule has 0 aliphatic heterocycles. The molecule has 1 fully saturated rings. The average molecular weight is 237 g/mol. The van der Waals surface area contributed by atoms with Crippen molar-refractivity contribution in [1.29, 1.82) is 0 Å². The Hall–Kier alpha value is -1.36. The fourth-order valence-corrected chi connectivity index (χ4v) is 2.64. The zero-order valence-electron chi connectivity index (χ0n) is 10.1. The van der Waals surface area contributed by atoms with Crippen molar-refractivity contribution in [2.45, 2.75) is 38.1 Å². The number of H-pyrrole nitrogens is 1. The minimum atomic E-state index is -0.458. The van der Waals surface area contributed by atoms with Crippen molar-refractivity contribution in [3.8, 4) is 0 Å². The van der Waals surface area contributed by atoms with E-state index in [1.54, 1.807) is 0 Å². The Balaban J connectivity index is 2.06. The van der Waals surface area contributed by atoms with Crippen molar-refractivity contribution in [1.82, 2.24) is 15.3 Å². The second-order valence-electron chi connectivity index (χ2n) is 5.06. The van der Waals surface area contributed by atoms with E-state index in [2.05, 4.69) is 22.2 Å². The third-order valence-electron chi connectivity index (χ3n) is 3.52. The van der Waals surface area contributed by atoms with Gasteiger partial charge in [-0.05, 0) is 18.8 Å². The van der Waals surface area contributed by atoms with Crippen molar-refractivity contribution in [3.05, 3.63) is 18.2 Å². The van der Waals surface area contributed by atoms with Crippen LogP contribution in [0.5, 0.6) is 0 Å².